The van der Waals surface area contributed by atoms with E-state index in [4.69, 9.17) is 0 Å². The van der Waals surface area contributed by atoms with Gasteiger partial charge in [0, 0.05) is 0 Å². The minimum Gasteiger partial charge on any atom is -0.0998 e. The highest BCUT2D eigenvalue weighted by molar-refractivity contribution is 5.73. The third-order valence-corrected chi connectivity index (χ3v) is 15.2. The molecule has 6 aliphatic rings. The number of rotatable bonds is 3. The van der Waals surface area contributed by atoms with Gasteiger partial charge in [0.25, 0.3) is 0 Å². The molecule has 7 rings (SSSR count). The number of fused-ring (bicyclic) bond motifs is 3. The first-order valence-corrected chi connectivity index (χ1v) is 15.5. The van der Waals surface area contributed by atoms with Crippen LogP contribution in [0.15, 0.2) is 49.1 Å². The van der Waals surface area contributed by atoms with Crippen molar-refractivity contribution in [1.82, 2.24) is 0 Å². The maximum absolute atomic E-state index is 4.59. The first-order valence-electron chi connectivity index (χ1n) is 15.5. The summed E-state index contributed by atoms with van der Waals surface area (Å²) >= 11 is 0. The minimum absolute atomic E-state index is 0.242. The van der Waals surface area contributed by atoms with Crippen molar-refractivity contribution in [1.29, 1.82) is 0 Å². The Morgan fingerprint density at radius 1 is 0.811 bits per heavy atom. The van der Waals surface area contributed by atoms with Crippen LogP contribution in [0.4, 0.5) is 0 Å². The fourth-order valence-electron chi connectivity index (χ4n) is 13.6. The molecule has 198 valence electrons. The van der Waals surface area contributed by atoms with Crippen LogP contribution in [0.25, 0.3) is 11.6 Å². The van der Waals surface area contributed by atoms with Crippen molar-refractivity contribution in [2.75, 3.05) is 0 Å². The summed E-state index contributed by atoms with van der Waals surface area (Å²) in [7, 11) is 0. The zero-order valence-corrected chi connectivity index (χ0v) is 24.6. The summed E-state index contributed by atoms with van der Waals surface area (Å²) in [6.45, 7) is 24.3. The first-order chi connectivity index (χ1) is 17.4. The summed E-state index contributed by atoms with van der Waals surface area (Å²) in [6, 6.07) is 9.21. The lowest BCUT2D eigenvalue weighted by molar-refractivity contribution is -0.174. The molecule has 5 fully saturated rings. The molecular formula is C37H50. The Hall–Kier alpha value is -1.56. The normalized spacial score (nSPS) is 50.6. The van der Waals surface area contributed by atoms with E-state index < -0.39 is 0 Å². The molecule has 0 saturated heterocycles. The zero-order valence-electron chi connectivity index (χ0n) is 24.6. The Morgan fingerprint density at radius 2 is 1.46 bits per heavy atom. The van der Waals surface area contributed by atoms with Gasteiger partial charge in [0.2, 0.25) is 0 Å². The Kier molecular flexibility index (Phi) is 4.72. The van der Waals surface area contributed by atoms with Gasteiger partial charge in [-0.1, -0.05) is 89.8 Å². The smallest absolute Gasteiger partial charge is 0.00668 e. The molecule has 0 heterocycles. The van der Waals surface area contributed by atoms with E-state index >= 15 is 0 Å². The lowest BCUT2D eigenvalue weighted by Gasteiger charge is -2.66. The van der Waals surface area contributed by atoms with Crippen LogP contribution in [-0.4, -0.2) is 0 Å². The summed E-state index contributed by atoms with van der Waals surface area (Å²) in [5, 5.41) is 0. The molecule has 0 amide bonds. The molecule has 1 aromatic rings. The molecule has 0 nitrogen and oxygen atoms in total. The van der Waals surface area contributed by atoms with Crippen LogP contribution >= 0.6 is 0 Å². The van der Waals surface area contributed by atoms with Crippen LogP contribution in [0.2, 0.25) is 0 Å². The summed E-state index contributed by atoms with van der Waals surface area (Å²) in [5.74, 6) is 3.40. The molecule has 5 saturated carbocycles. The average Bonchev–Trinajstić information content (AvgIpc) is 3.07. The van der Waals surface area contributed by atoms with Gasteiger partial charge in [0.15, 0.2) is 0 Å². The zero-order chi connectivity index (χ0) is 26.2. The summed E-state index contributed by atoms with van der Waals surface area (Å²) in [6.07, 6.45) is 17.6. The maximum atomic E-state index is 4.59. The van der Waals surface area contributed by atoms with E-state index in [1.165, 1.54) is 74.5 Å². The summed E-state index contributed by atoms with van der Waals surface area (Å²) in [5.41, 5.74) is 8.48. The van der Waals surface area contributed by atoms with Gasteiger partial charge in [-0.3, -0.25) is 0 Å². The predicted molar refractivity (Wildman–Crippen MR) is 158 cm³/mol. The highest BCUT2D eigenvalue weighted by Crippen LogP contribution is 2.94. The van der Waals surface area contributed by atoms with Crippen molar-refractivity contribution in [2.24, 2.45) is 56.2 Å². The molecule has 0 bridgehead atoms. The number of allylic oxidation sites excluding steroid dienone is 3. The largest absolute Gasteiger partial charge is 0.0998 e. The second-order valence-electron chi connectivity index (χ2n) is 15.8. The number of benzene rings is 1. The Bertz CT molecular complexity index is 1210. The molecule has 7 unspecified atom stereocenters. The van der Waals surface area contributed by atoms with E-state index in [-0.39, 0.29) is 5.41 Å². The van der Waals surface area contributed by atoms with Crippen molar-refractivity contribution < 1.29 is 0 Å². The molecule has 0 aliphatic heterocycles. The van der Waals surface area contributed by atoms with Crippen LogP contribution in [0.3, 0.4) is 0 Å². The van der Waals surface area contributed by atoms with Crippen molar-refractivity contribution >= 4 is 11.6 Å². The van der Waals surface area contributed by atoms with Gasteiger partial charge in [-0.2, -0.15) is 0 Å². The molecule has 0 radical (unpaired) electrons. The van der Waals surface area contributed by atoms with Crippen LogP contribution in [-0.2, 0) is 0 Å². The van der Waals surface area contributed by atoms with E-state index in [9.17, 15) is 0 Å². The van der Waals surface area contributed by atoms with E-state index in [0.29, 0.717) is 33.0 Å². The molecule has 6 aliphatic carbocycles. The lowest BCUT2D eigenvalue weighted by atomic mass is 9.38. The Morgan fingerprint density at radius 3 is 2.14 bits per heavy atom. The third-order valence-electron chi connectivity index (χ3n) is 15.2. The molecule has 0 heteroatoms. The molecule has 0 aromatic heterocycles. The number of hydrogen-bond acceptors (Lipinski definition) is 0. The molecule has 2 spiro atoms. The third kappa shape index (κ3) is 2.46. The van der Waals surface area contributed by atoms with Crippen LogP contribution in [0.5, 0.6) is 0 Å². The standard InChI is InChI=1S/C37H50/c1-9-25-10-12-26(13-11-25)28-15-22-36-29(32(28,4)5)18-23-37(36)30-16-20-33(6)19-14-27(24(2)3)35(33,8)34(30,7)21-17-31(36)37/h9-13,15,27,29-31H,1-2,14,16-23H2,3-8H3/t27-,29?,30?,31?,33?,34?,35-,36?,37?/m0/s1. The summed E-state index contributed by atoms with van der Waals surface area (Å²) < 4.78 is 0. The number of hydrogen-bond donors (Lipinski definition) is 0. The lowest BCUT2D eigenvalue weighted by Crippen LogP contribution is -2.60. The van der Waals surface area contributed by atoms with Gasteiger partial charge in [0.05, 0.1) is 0 Å². The van der Waals surface area contributed by atoms with Gasteiger partial charge < -0.3 is 0 Å². The fourth-order valence-corrected chi connectivity index (χ4v) is 13.6. The highest BCUT2D eigenvalue weighted by atomic mass is 14.9. The second-order valence-corrected chi connectivity index (χ2v) is 15.8. The van der Waals surface area contributed by atoms with Crippen molar-refractivity contribution in [2.45, 2.75) is 99.3 Å². The van der Waals surface area contributed by atoms with Gasteiger partial charge in [-0.25, -0.2) is 0 Å². The van der Waals surface area contributed by atoms with Crippen LogP contribution < -0.4 is 0 Å². The van der Waals surface area contributed by atoms with Crippen molar-refractivity contribution in [3.63, 3.8) is 0 Å². The minimum atomic E-state index is 0.242. The first kappa shape index (κ1) is 24.5. The van der Waals surface area contributed by atoms with Crippen molar-refractivity contribution in [3.8, 4) is 0 Å². The molecule has 1 aromatic carbocycles. The second kappa shape index (κ2) is 7.14. The molecule has 37 heavy (non-hydrogen) atoms. The van der Waals surface area contributed by atoms with E-state index in [1.54, 1.807) is 5.57 Å². The predicted octanol–water partition coefficient (Wildman–Crippen LogP) is 10.4. The summed E-state index contributed by atoms with van der Waals surface area (Å²) in [4.78, 5) is 0. The maximum Gasteiger partial charge on any atom is -0.00668 e. The van der Waals surface area contributed by atoms with Gasteiger partial charge in [0.1, 0.15) is 0 Å². The molecule has 9 atom stereocenters. The van der Waals surface area contributed by atoms with E-state index in [2.05, 4.69) is 85.0 Å². The topological polar surface area (TPSA) is 0 Å². The quantitative estimate of drug-likeness (QED) is 0.367. The SMILES string of the molecule is C=Cc1ccc(C2=CCC34C(CCC35C4CCC3(C)C5CCC4(C)CC[C@@H](C(=C)C)[C@@]43C)C2(C)C)cc1. The molecule has 0 N–H and O–H groups in total. The Labute approximate surface area is 227 Å². The van der Waals surface area contributed by atoms with Gasteiger partial charge in [-0.15, -0.1) is 0 Å². The van der Waals surface area contributed by atoms with Gasteiger partial charge in [-0.05, 0) is 138 Å². The van der Waals surface area contributed by atoms with E-state index in [1.807, 2.05) is 6.08 Å². The van der Waals surface area contributed by atoms with Crippen molar-refractivity contribution in [3.05, 3.63) is 60.2 Å². The van der Waals surface area contributed by atoms with Gasteiger partial charge >= 0.3 is 0 Å². The Balaban J connectivity index is 1.31. The van der Waals surface area contributed by atoms with Crippen LogP contribution in [0.1, 0.15) is 110 Å². The van der Waals surface area contributed by atoms with E-state index in [0.717, 1.165) is 17.8 Å². The highest BCUT2D eigenvalue weighted by Gasteiger charge is 2.88. The van der Waals surface area contributed by atoms with Crippen LogP contribution in [0, 0.1) is 56.2 Å². The molecular weight excluding hydrogens is 444 g/mol. The fraction of sp³-hybridized carbons (Fsp3) is 0.676. The monoisotopic (exact) mass is 494 g/mol. The average molecular weight is 495 g/mol.